The summed E-state index contributed by atoms with van der Waals surface area (Å²) in [5, 5.41) is 6.75. The van der Waals surface area contributed by atoms with Crippen LogP contribution in [-0.2, 0) is 4.79 Å². The zero-order valence-corrected chi connectivity index (χ0v) is 18.0. The number of ether oxygens (including phenoxy) is 1. The van der Waals surface area contributed by atoms with Gasteiger partial charge >= 0.3 is 0 Å². The summed E-state index contributed by atoms with van der Waals surface area (Å²) in [4.78, 5) is 19.3. The van der Waals surface area contributed by atoms with Crippen molar-refractivity contribution < 1.29 is 9.53 Å². The van der Waals surface area contributed by atoms with Gasteiger partial charge in [-0.25, -0.2) is 0 Å². The summed E-state index contributed by atoms with van der Waals surface area (Å²) < 4.78 is 5.48. The van der Waals surface area contributed by atoms with Gasteiger partial charge in [-0.05, 0) is 31.4 Å². The highest BCUT2D eigenvalue weighted by molar-refractivity contribution is 5.84. The van der Waals surface area contributed by atoms with Crippen molar-refractivity contribution >= 4 is 11.9 Å². The molecule has 1 aromatic rings. The lowest BCUT2D eigenvalue weighted by molar-refractivity contribution is -0.138. The molecule has 6 heteroatoms. The van der Waals surface area contributed by atoms with Crippen molar-refractivity contribution in [3.05, 3.63) is 29.8 Å². The largest absolute Gasteiger partial charge is 0.496 e. The van der Waals surface area contributed by atoms with Gasteiger partial charge in [0.1, 0.15) is 5.75 Å². The van der Waals surface area contributed by atoms with Gasteiger partial charge in [-0.2, -0.15) is 0 Å². The first kappa shape index (κ1) is 22.1. The summed E-state index contributed by atoms with van der Waals surface area (Å²) >= 11 is 0. The van der Waals surface area contributed by atoms with Crippen molar-refractivity contribution in [1.29, 1.82) is 0 Å². The van der Waals surface area contributed by atoms with Gasteiger partial charge in [0.15, 0.2) is 5.96 Å². The van der Waals surface area contributed by atoms with Gasteiger partial charge in [0.2, 0.25) is 5.91 Å². The number of amides is 1. The molecule has 1 aromatic carbocycles. The van der Waals surface area contributed by atoms with Crippen LogP contribution in [-0.4, -0.2) is 57.6 Å². The third-order valence-corrected chi connectivity index (χ3v) is 5.55. The highest BCUT2D eigenvalue weighted by atomic mass is 16.5. The average molecular weight is 389 g/mol. The van der Waals surface area contributed by atoms with Crippen LogP contribution in [0.1, 0.15) is 51.0 Å². The average Bonchev–Trinajstić information content (AvgIpc) is 3.19. The van der Waals surface area contributed by atoms with Crippen LogP contribution >= 0.6 is 0 Å². The predicted octanol–water partition coefficient (Wildman–Crippen LogP) is 3.00. The fourth-order valence-corrected chi connectivity index (χ4v) is 3.97. The lowest BCUT2D eigenvalue weighted by Gasteiger charge is -2.29. The van der Waals surface area contributed by atoms with E-state index in [1.807, 2.05) is 32.3 Å². The van der Waals surface area contributed by atoms with Gasteiger partial charge in [-0.3, -0.25) is 9.79 Å². The molecule has 0 radical (unpaired) electrons. The minimum Gasteiger partial charge on any atom is -0.496 e. The van der Waals surface area contributed by atoms with Crippen LogP contribution in [0.2, 0.25) is 0 Å². The van der Waals surface area contributed by atoms with E-state index in [0.29, 0.717) is 6.54 Å². The molecule has 1 saturated carbocycles. The van der Waals surface area contributed by atoms with Crippen molar-refractivity contribution in [2.75, 3.05) is 40.8 Å². The molecule has 6 nitrogen and oxygen atoms in total. The number of aliphatic imine (C=N–C) groups is 1. The van der Waals surface area contributed by atoms with Gasteiger partial charge in [0.05, 0.1) is 19.1 Å². The minimum absolute atomic E-state index is 0.201. The summed E-state index contributed by atoms with van der Waals surface area (Å²) in [5.74, 6) is 2.14. The Labute approximate surface area is 169 Å². The number of benzene rings is 1. The monoisotopic (exact) mass is 388 g/mol. The van der Waals surface area contributed by atoms with Crippen molar-refractivity contribution in [1.82, 2.24) is 15.5 Å². The molecule has 0 aliphatic heterocycles. The summed E-state index contributed by atoms with van der Waals surface area (Å²) in [7, 11) is 5.38. The van der Waals surface area contributed by atoms with Crippen LogP contribution in [0.15, 0.2) is 29.3 Å². The number of rotatable bonds is 8. The fourth-order valence-electron chi connectivity index (χ4n) is 3.97. The second-order valence-corrected chi connectivity index (χ2v) is 7.91. The second-order valence-electron chi connectivity index (χ2n) is 7.91. The number of hydrogen-bond donors (Lipinski definition) is 2. The number of methoxy groups -OCH3 is 1. The molecule has 1 fully saturated rings. The van der Waals surface area contributed by atoms with E-state index in [4.69, 9.17) is 9.73 Å². The highest BCUT2D eigenvalue weighted by Crippen LogP contribution is 2.39. The molecule has 0 bridgehead atoms. The Kier molecular flexibility index (Phi) is 8.15. The van der Waals surface area contributed by atoms with Crippen LogP contribution in [0.3, 0.4) is 0 Å². The van der Waals surface area contributed by atoms with Crippen LogP contribution in [0.5, 0.6) is 5.75 Å². The smallest absolute Gasteiger partial charge is 0.230 e. The van der Waals surface area contributed by atoms with E-state index in [1.54, 1.807) is 12.0 Å². The van der Waals surface area contributed by atoms with Crippen molar-refractivity contribution in [2.24, 2.45) is 10.4 Å². The molecule has 1 atom stereocenters. The molecule has 1 aliphatic carbocycles. The first-order valence-corrected chi connectivity index (χ1v) is 10.3. The summed E-state index contributed by atoms with van der Waals surface area (Å²) in [6, 6.07) is 8.10. The van der Waals surface area contributed by atoms with Crippen LogP contribution < -0.4 is 15.4 Å². The van der Waals surface area contributed by atoms with E-state index in [2.05, 4.69) is 30.5 Å². The van der Waals surface area contributed by atoms with Gasteiger partial charge in [0.25, 0.3) is 0 Å². The maximum Gasteiger partial charge on any atom is 0.230 e. The number of guanidine groups is 1. The zero-order chi connectivity index (χ0) is 20.6. The molecule has 0 saturated heterocycles. The Morgan fingerprint density at radius 2 is 1.93 bits per heavy atom. The Bertz CT molecular complexity index is 666. The van der Waals surface area contributed by atoms with Crippen molar-refractivity contribution in [3.8, 4) is 5.75 Å². The fraction of sp³-hybridized carbons (Fsp3) is 0.636. The van der Waals surface area contributed by atoms with E-state index in [0.717, 1.165) is 50.5 Å². The molecule has 28 heavy (non-hydrogen) atoms. The number of carbonyl (C=O) groups excluding carboxylic acids is 1. The number of hydrogen-bond acceptors (Lipinski definition) is 3. The molecule has 2 rings (SSSR count). The lowest BCUT2D eigenvalue weighted by Crippen LogP contribution is -2.43. The predicted molar refractivity (Wildman–Crippen MR) is 115 cm³/mol. The topological polar surface area (TPSA) is 66.0 Å². The number of carbonyl (C=O) groups is 1. The van der Waals surface area contributed by atoms with Gasteiger partial charge in [0, 0.05) is 33.1 Å². The van der Waals surface area contributed by atoms with E-state index in [-0.39, 0.29) is 17.2 Å². The number of para-hydroxylation sites is 1. The lowest BCUT2D eigenvalue weighted by atomic mass is 9.85. The Morgan fingerprint density at radius 3 is 2.54 bits per heavy atom. The summed E-state index contributed by atoms with van der Waals surface area (Å²) in [6.45, 7) is 6.27. The van der Waals surface area contributed by atoms with Crippen LogP contribution in [0.4, 0.5) is 0 Å². The molecular formula is C22H36N4O2. The molecule has 0 aromatic heterocycles. The van der Waals surface area contributed by atoms with Gasteiger partial charge < -0.3 is 20.3 Å². The molecule has 0 spiro atoms. The highest BCUT2D eigenvalue weighted by Gasteiger charge is 2.42. The first-order valence-electron chi connectivity index (χ1n) is 10.3. The Morgan fingerprint density at radius 1 is 1.25 bits per heavy atom. The molecule has 156 valence electrons. The maximum atomic E-state index is 12.8. The Balaban J connectivity index is 2.06. The van der Waals surface area contributed by atoms with E-state index >= 15 is 0 Å². The summed E-state index contributed by atoms with van der Waals surface area (Å²) in [6.07, 6.45) is 4.04. The second kappa shape index (κ2) is 10.3. The minimum atomic E-state index is -0.347. The third kappa shape index (κ3) is 5.40. The van der Waals surface area contributed by atoms with Crippen molar-refractivity contribution in [2.45, 2.75) is 45.4 Å². The molecule has 1 aliphatic rings. The van der Waals surface area contributed by atoms with Crippen molar-refractivity contribution in [3.63, 3.8) is 0 Å². The molecule has 0 heterocycles. The quantitative estimate of drug-likeness (QED) is 0.531. The van der Waals surface area contributed by atoms with Gasteiger partial charge in [-0.1, -0.05) is 38.0 Å². The maximum absolute atomic E-state index is 12.8. The van der Waals surface area contributed by atoms with E-state index in [9.17, 15) is 4.79 Å². The molecular weight excluding hydrogens is 352 g/mol. The van der Waals surface area contributed by atoms with E-state index < -0.39 is 0 Å². The standard InChI is InChI=1S/C22H36N4O2/c1-6-23-21(24-15-17(2)18-11-7-8-12-19(18)28-5)25-16-22(13-9-10-14-22)20(27)26(3)4/h7-8,11-12,17H,6,9-10,13-16H2,1-5H3,(H2,23,24,25). The molecule has 1 unspecified atom stereocenters. The molecule has 1 amide bonds. The number of nitrogens with zero attached hydrogens (tertiary/aromatic N) is 2. The molecule has 2 N–H and O–H groups in total. The SMILES string of the molecule is CCNC(=NCC1(C(=O)N(C)C)CCCC1)NCC(C)c1ccccc1OC. The normalized spacial score (nSPS) is 17.1. The van der Waals surface area contributed by atoms with Crippen LogP contribution in [0.25, 0.3) is 0 Å². The summed E-state index contributed by atoms with van der Waals surface area (Å²) in [5.41, 5.74) is 0.823. The van der Waals surface area contributed by atoms with Crippen LogP contribution in [0, 0.1) is 5.41 Å². The number of nitrogens with one attached hydrogen (secondary N) is 2. The van der Waals surface area contributed by atoms with Gasteiger partial charge in [-0.15, -0.1) is 0 Å². The Hall–Kier alpha value is -2.24. The third-order valence-electron chi connectivity index (χ3n) is 5.55. The zero-order valence-electron chi connectivity index (χ0n) is 18.0. The van der Waals surface area contributed by atoms with E-state index in [1.165, 1.54) is 5.56 Å². The first-order chi connectivity index (χ1) is 13.4.